The zero-order valence-electron chi connectivity index (χ0n) is 13.8. The van der Waals surface area contributed by atoms with Gasteiger partial charge in [-0.2, -0.15) is 0 Å². The minimum atomic E-state index is -1.16. The summed E-state index contributed by atoms with van der Waals surface area (Å²) in [6.45, 7) is 6.29. The lowest BCUT2D eigenvalue weighted by atomic mass is 9.87. The number of piperidine rings is 1. The molecule has 0 bridgehead atoms. The number of pyridine rings is 1. The summed E-state index contributed by atoms with van der Waals surface area (Å²) in [5.74, 6) is 0. The fourth-order valence-electron chi connectivity index (χ4n) is 3.07. The van der Waals surface area contributed by atoms with Gasteiger partial charge in [0.15, 0.2) is 0 Å². The van der Waals surface area contributed by atoms with Crippen LogP contribution in [0.4, 0.5) is 4.79 Å². The highest BCUT2D eigenvalue weighted by Crippen LogP contribution is 2.34. The molecule has 6 heteroatoms. The van der Waals surface area contributed by atoms with Crippen molar-refractivity contribution >= 4 is 17.0 Å². The Labute approximate surface area is 135 Å². The molecule has 23 heavy (non-hydrogen) atoms. The van der Waals surface area contributed by atoms with Crippen LogP contribution < -0.4 is 0 Å². The minimum Gasteiger partial charge on any atom is -0.444 e. The first kappa shape index (κ1) is 15.8. The molecule has 3 heterocycles. The van der Waals surface area contributed by atoms with E-state index in [9.17, 15) is 9.90 Å². The predicted molar refractivity (Wildman–Crippen MR) is 87.0 cm³/mol. The molecule has 0 unspecified atom stereocenters. The van der Waals surface area contributed by atoms with Gasteiger partial charge in [0.25, 0.3) is 0 Å². The monoisotopic (exact) mass is 317 g/mol. The third-order valence-corrected chi connectivity index (χ3v) is 4.04. The summed E-state index contributed by atoms with van der Waals surface area (Å²) in [5.41, 5.74) is -0.162. The maximum absolute atomic E-state index is 12.3. The lowest BCUT2D eigenvalue weighted by molar-refractivity contribution is -0.0480. The van der Waals surface area contributed by atoms with Gasteiger partial charge in [0.2, 0.25) is 0 Å². The van der Waals surface area contributed by atoms with Crippen LogP contribution in [0.15, 0.2) is 24.5 Å². The number of rotatable bonds is 1. The summed E-state index contributed by atoms with van der Waals surface area (Å²) in [6, 6.07) is 3.78. The van der Waals surface area contributed by atoms with Gasteiger partial charge in [-0.05, 0) is 45.7 Å². The summed E-state index contributed by atoms with van der Waals surface area (Å²) >= 11 is 0. The molecule has 2 N–H and O–H groups in total. The predicted octanol–water partition coefficient (Wildman–Crippen LogP) is 2.78. The number of nitrogens with one attached hydrogen (secondary N) is 1. The molecule has 0 spiro atoms. The summed E-state index contributed by atoms with van der Waals surface area (Å²) in [6.07, 6.45) is 4.39. The van der Waals surface area contributed by atoms with E-state index >= 15 is 0 Å². The van der Waals surface area contributed by atoms with Crippen LogP contribution in [0.5, 0.6) is 0 Å². The number of likely N-dealkylation sites (tertiary alicyclic amines) is 1. The number of ether oxygens (including phenoxy) is 1. The number of fused-ring (bicyclic) bond motifs is 1. The zero-order chi connectivity index (χ0) is 16.7. The number of nitrogens with zero attached hydrogens (tertiary/aromatic N) is 2. The largest absolute Gasteiger partial charge is 0.444 e. The number of carbonyl (C=O) groups excluding carboxylic acids is 1. The zero-order valence-corrected chi connectivity index (χ0v) is 13.8. The third-order valence-electron chi connectivity index (χ3n) is 4.04. The highest BCUT2D eigenvalue weighted by Gasteiger charge is 2.40. The lowest BCUT2D eigenvalue weighted by Crippen LogP contribution is -2.50. The molecule has 3 rings (SSSR count). The van der Waals surface area contributed by atoms with Gasteiger partial charge in [0.05, 0.1) is 12.2 Å². The van der Waals surface area contributed by atoms with Crippen molar-refractivity contribution in [2.45, 2.75) is 44.8 Å². The maximum Gasteiger partial charge on any atom is 0.410 e. The summed E-state index contributed by atoms with van der Waals surface area (Å²) in [4.78, 5) is 21.4. The van der Waals surface area contributed by atoms with Crippen LogP contribution in [0.1, 0.15) is 39.3 Å². The molecule has 0 aliphatic carbocycles. The minimum absolute atomic E-state index is 0.194. The maximum atomic E-state index is 12.3. The van der Waals surface area contributed by atoms with E-state index in [1.165, 1.54) is 0 Å². The number of aromatic nitrogens is 2. The van der Waals surface area contributed by atoms with E-state index in [4.69, 9.17) is 4.74 Å². The van der Waals surface area contributed by atoms with Gasteiger partial charge < -0.3 is 19.7 Å². The van der Waals surface area contributed by atoms with Crippen molar-refractivity contribution in [2.24, 2.45) is 0 Å². The molecule has 6 nitrogen and oxygen atoms in total. The van der Waals surface area contributed by atoms with Crippen LogP contribution in [0, 0.1) is 0 Å². The number of carbonyl (C=O) groups is 1. The Morgan fingerprint density at radius 1 is 1.43 bits per heavy atom. The first-order chi connectivity index (χ1) is 10.8. The number of aromatic amines is 1. The molecule has 1 fully saturated rings. The van der Waals surface area contributed by atoms with Crippen LogP contribution >= 0.6 is 0 Å². The Kier molecular flexibility index (Phi) is 3.80. The van der Waals surface area contributed by atoms with Crippen molar-refractivity contribution in [1.29, 1.82) is 0 Å². The average molecular weight is 317 g/mol. The van der Waals surface area contributed by atoms with Crippen molar-refractivity contribution < 1.29 is 14.6 Å². The Balaban J connectivity index is 1.87. The quantitative estimate of drug-likeness (QED) is 0.848. The first-order valence-electron chi connectivity index (χ1n) is 7.91. The highest BCUT2D eigenvalue weighted by atomic mass is 16.6. The molecule has 1 saturated heterocycles. The number of H-pyrrole nitrogens is 1. The molecular weight excluding hydrogens is 294 g/mol. The van der Waals surface area contributed by atoms with Crippen LogP contribution in [0.3, 0.4) is 0 Å². The molecule has 2 aromatic heterocycles. The van der Waals surface area contributed by atoms with Crippen molar-refractivity contribution in [1.82, 2.24) is 14.9 Å². The van der Waals surface area contributed by atoms with Crippen LogP contribution in [-0.4, -0.2) is 44.8 Å². The number of aliphatic hydroxyl groups is 1. The second-order valence-electron chi connectivity index (χ2n) is 7.14. The van der Waals surface area contributed by atoms with Crippen LogP contribution in [0.25, 0.3) is 10.9 Å². The topological polar surface area (TPSA) is 78.4 Å². The number of hydrogen-bond donors (Lipinski definition) is 2. The van der Waals surface area contributed by atoms with Gasteiger partial charge in [0.1, 0.15) is 11.2 Å². The highest BCUT2D eigenvalue weighted by molar-refractivity contribution is 5.82. The van der Waals surface area contributed by atoms with Crippen molar-refractivity contribution in [2.75, 3.05) is 13.1 Å². The number of hydrogen-bond acceptors (Lipinski definition) is 4. The number of β-amino-alcohol motifs (C(OH)–C–C–N with tert-alkyl or cyclic N) is 1. The van der Waals surface area contributed by atoms with E-state index in [-0.39, 0.29) is 6.54 Å². The van der Waals surface area contributed by atoms with E-state index in [0.29, 0.717) is 25.1 Å². The Bertz CT molecular complexity index is 719. The van der Waals surface area contributed by atoms with Crippen molar-refractivity contribution in [3.8, 4) is 0 Å². The number of amides is 1. The van der Waals surface area contributed by atoms with Gasteiger partial charge in [-0.3, -0.25) is 4.98 Å². The fourth-order valence-corrected chi connectivity index (χ4v) is 3.07. The van der Waals surface area contributed by atoms with Crippen LogP contribution in [0.2, 0.25) is 0 Å². The molecule has 124 valence electrons. The average Bonchev–Trinajstić information content (AvgIpc) is 2.93. The van der Waals surface area contributed by atoms with E-state index in [2.05, 4.69) is 9.97 Å². The molecule has 1 atom stereocenters. The molecule has 0 saturated carbocycles. The molecule has 0 aromatic carbocycles. The van der Waals surface area contributed by atoms with Gasteiger partial charge in [-0.15, -0.1) is 0 Å². The first-order valence-corrected chi connectivity index (χ1v) is 7.91. The van der Waals surface area contributed by atoms with E-state index in [1.807, 2.05) is 39.1 Å². The van der Waals surface area contributed by atoms with Gasteiger partial charge in [-0.25, -0.2) is 4.79 Å². The summed E-state index contributed by atoms with van der Waals surface area (Å²) < 4.78 is 5.43. The molecule has 1 aliphatic heterocycles. The smallest absolute Gasteiger partial charge is 0.410 e. The molecule has 0 radical (unpaired) electrons. The Hall–Kier alpha value is -2.08. The Morgan fingerprint density at radius 2 is 2.22 bits per heavy atom. The van der Waals surface area contributed by atoms with E-state index < -0.39 is 17.3 Å². The van der Waals surface area contributed by atoms with Crippen molar-refractivity contribution in [3.05, 3.63) is 30.2 Å². The van der Waals surface area contributed by atoms with E-state index in [1.54, 1.807) is 11.1 Å². The molecule has 2 aromatic rings. The lowest BCUT2D eigenvalue weighted by Gasteiger charge is -2.39. The molecule has 1 aliphatic rings. The fraction of sp³-hybridized carbons (Fsp3) is 0.529. The van der Waals surface area contributed by atoms with Gasteiger partial charge in [-0.1, -0.05) is 0 Å². The SMILES string of the molecule is CC(C)(C)OC(=O)N1CCC[C@@](O)(c2nccc3[nH]ccc23)C1. The van der Waals surface area contributed by atoms with Crippen molar-refractivity contribution in [3.63, 3.8) is 0 Å². The van der Waals surface area contributed by atoms with E-state index in [0.717, 1.165) is 10.9 Å². The van der Waals surface area contributed by atoms with Gasteiger partial charge in [0, 0.05) is 29.8 Å². The molecule has 1 amide bonds. The second-order valence-corrected chi connectivity index (χ2v) is 7.14. The third kappa shape index (κ3) is 3.17. The normalized spacial score (nSPS) is 22.3. The Morgan fingerprint density at radius 3 is 2.96 bits per heavy atom. The summed E-state index contributed by atoms with van der Waals surface area (Å²) in [5, 5.41) is 12.0. The van der Waals surface area contributed by atoms with Crippen LogP contribution in [-0.2, 0) is 10.3 Å². The second kappa shape index (κ2) is 5.53. The van der Waals surface area contributed by atoms with Gasteiger partial charge >= 0.3 is 6.09 Å². The summed E-state index contributed by atoms with van der Waals surface area (Å²) in [7, 11) is 0. The standard InChI is InChI=1S/C17H23N3O3/c1-16(2,3)23-15(21)20-10-4-7-17(22,11-20)14-12-5-8-18-13(12)6-9-19-14/h5-6,8-9,18,22H,4,7,10-11H2,1-3H3/t17-/m0/s1. The molecular formula is C17H23N3O3.